The van der Waals surface area contributed by atoms with Crippen molar-refractivity contribution >= 4 is 6.03 Å². The number of halogens is 1. The Kier molecular flexibility index (Phi) is 6.41. The molecule has 0 radical (unpaired) electrons. The molecule has 2 amide bonds. The van der Waals surface area contributed by atoms with Gasteiger partial charge in [0, 0.05) is 51.6 Å². The topological polar surface area (TPSA) is 62.6 Å². The summed E-state index contributed by atoms with van der Waals surface area (Å²) in [4.78, 5) is 16.7. The highest BCUT2D eigenvalue weighted by molar-refractivity contribution is 5.74. The number of hydrogen-bond acceptors (Lipinski definition) is 4. The minimum Gasteiger partial charge on any atom is -0.383 e. The molecule has 1 atom stereocenters. The van der Waals surface area contributed by atoms with Gasteiger partial charge in [0.15, 0.2) is 0 Å². The maximum absolute atomic E-state index is 13.1. The van der Waals surface area contributed by atoms with Crippen molar-refractivity contribution in [2.45, 2.75) is 13.0 Å². The second kappa shape index (κ2) is 8.96. The summed E-state index contributed by atoms with van der Waals surface area (Å²) in [7, 11) is 1.70. The average molecular weight is 375 g/mol. The van der Waals surface area contributed by atoms with Gasteiger partial charge in [-0.05, 0) is 31.2 Å². The molecule has 0 saturated carbocycles. The predicted octanol–water partition coefficient (Wildman–Crippen LogP) is 2.05. The fraction of sp³-hybridized carbons (Fsp3) is 0.474. The van der Waals surface area contributed by atoms with E-state index in [0.29, 0.717) is 19.7 Å². The Morgan fingerprint density at radius 3 is 2.63 bits per heavy atom. The largest absolute Gasteiger partial charge is 0.383 e. The Bertz CT molecular complexity index is 741. The van der Waals surface area contributed by atoms with Crippen LogP contribution in [0, 0.1) is 5.82 Å². The third-order valence-electron chi connectivity index (χ3n) is 4.80. The molecular formula is C19H26FN5O2. The molecule has 1 aliphatic heterocycles. The van der Waals surface area contributed by atoms with Gasteiger partial charge in [0.25, 0.3) is 0 Å². The van der Waals surface area contributed by atoms with E-state index in [1.165, 1.54) is 12.1 Å². The standard InChI is InChI=1S/C19H26FN5O2/c1-15(16-13-21-25(14-16)18-5-3-17(20)4-6-18)22-19(26)24-9-7-23(8-10-24)11-12-27-2/h3-6,13-15H,7-12H2,1-2H3,(H,22,26)/t15-/m0/s1. The highest BCUT2D eigenvalue weighted by atomic mass is 19.1. The van der Waals surface area contributed by atoms with Gasteiger partial charge < -0.3 is 15.0 Å². The van der Waals surface area contributed by atoms with Gasteiger partial charge in [0.2, 0.25) is 0 Å². The van der Waals surface area contributed by atoms with E-state index in [0.717, 1.165) is 30.9 Å². The van der Waals surface area contributed by atoms with Crippen LogP contribution in [0.2, 0.25) is 0 Å². The SMILES string of the molecule is COCCN1CCN(C(=O)N[C@@H](C)c2cnn(-c3ccc(F)cc3)c2)CC1. The Labute approximate surface area is 158 Å². The molecule has 146 valence electrons. The number of amides is 2. The Morgan fingerprint density at radius 2 is 1.96 bits per heavy atom. The van der Waals surface area contributed by atoms with Crippen LogP contribution in [0.15, 0.2) is 36.7 Å². The van der Waals surface area contributed by atoms with Crippen molar-refractivity contribution in [1.82, 2.24) is 24.9 Å². The van der Waals surface area contributed by atoms with E-state index in [9.17, 15) is 9.18 Å². The van der Waals surface area contributed by atoms with E-state index in [2.05, 4.69) is 15.3 Å². The van der Waals surface area contributed by atoms with Gasteiger partial charge in [-0.2, -0.15) is 5.10 Å². The van der Waals surface area contributed by atoms with Crippen LogP contribution in [0.4, 0.5) is 9.18 Å². The smallest absolute Gasteiger partial charge is 0.317 e. The first-order valence-electron chi connectivity index (χ1n) is 9.14. The lowest BCUT2D eigenvalue weighted by Gasteiger charge is -2.35. The van der Waals surface area contributed by atoms with E-state index in [-0.39, 0.29) is 17.9 Å². The number of rotatable bonds is 6. The highest BCUT2D eigenvalue weighted by Gasteiger charge is 2.22. The van der Waals surface area contributed by atoms with Crippen molar-refractivity contribution in [1.29, 1.82) is 0 Å². The maximum atomic E-state index is 13.1. The van der Waals surface area contributed by atoms with Crippen molar-refractivity contribution in [2.24, 2.45) is 0 Å². The fourth-order valence-electron chi connectivity index (χ4n) is 3.05. The van der Waals surface area contributed by atoms with Crippen LogP contribution in [0.25, 0.3) is 5.69 Å². The molecule has 7 nitrogen and oxygen atoms in total. The van der Waals surface area contributed by atoms with Gasteiger partial charge in [-0.1, -0.05) is 0 Å². The van der Waals surface area contributed by atoms with Crippen LogP contribution in [0.1, 0.15) is 18.5 Å². The summed E-state index contributed by atoms with van der Waals surface area (Å²) in [5.74, 6) is -0.283. The Morgan fingerprint density at radius 1 is 1.26 bits per heavy atom. The summed E-state index contributed by atoms with van der Waals surface area (Å²) >= 11 is 0. The number of piperazine rings is 1. The van der Waals surface area contributed by atoms with Gasteiger partial charge in [0.05, 0.1) is 24.5 Å². The van der Waals surface area contributed by atoms with Crippen LogP contribution in [-0.2, 0) is 4.74 Å². The Hall–Kier alpha value is -2.45. The molecule has 1 aromatic heterocycles. The first-order chi connectivity index (χ1) is 13.1. The van der Waals surface area contributed by atoms with Crippen LogP contribution in [-0.4, -0.2) is 72.1 Å². The lowest BCUT2D eigenvalue weighted by molar-refractivity contribution is 0.105. The summed E-state index contributed by atoms with van der Waals surface area (Å²) in [5, 5.41) is 7.33. The molecule has 8 heteroatoms. The summed E-state index contributed by atoms with van der Waals surface area (Å²) in [6.45, 7) is 6.65. The molecule has 1 aromatic carbocycles. The predicted molar refractivity (Wildman–Crippen MR) is 100 cm³/mol. The normalized spacial score (nSPS) is 16.3. The molecule has 1 N–H and O–H groups in total. The second-order valence-electron chi connectivity index (χ2n) is 6.69. The number of methoxy groups -OCH3 is 1. The van der Waals surface area contributed by atoms with E-state index >= 15 is 0 Å². The summed E-state index contributed by atoms with van der Waals surface area (Å²) in [6, 6.07) is 5.89. The molecule has 0 bridgehead atoms. The number of nitrogens with zero attached hydrogens (tertiary/aromatic N) is 4. The molecule has 0 spiro atoms. The van der Waals surface area contributed by atoms with Gasteiger partial charge >= 0.3 is 6.03 Å². The molecule has 1 fully saturated rings. The molecule has 2 aromatic rings. The van der Waals surface area contributed by atoms with Crippen molar-refractivity contribution in [3.63, 3.8) is 0 Å². The fourth-order valence-corrected chi connectivity index (χ4v) is 3.05. The van der Waals surface area contributed by atoms with Gasteiger partial charge in [-0.3, -0.25) is 4.90 Å². The van der Waals surface area contributed by atoms with Crippen LogP contribution >= 0.6 is 0 Å². The third kappa shape index (κ3) is 5.05. The molecule has 2 heterocycles. The number of benzene rings is 1. The zero-order valence-corrected chi connectivity index (χ0v) is 15.8. The van der Waals surface area contributed by atoms with Crippen molar-refractivity contribution in [3.05, 3.63) is 48.0 Å². The van der Waals surface area contributed by atoms with Crippen molar-refractivity contribution in [2.75, 3.05) is 46.4 Å². The summed E-state index contributed by atoms with van der Waals surface area (Å²) in [6.07, 6.45) is 3.57. The maximum Gasteiger partial charge on any atom is 0.317 e. The molecule has 27 heavy (non-hydrogen) atoms. The van der Waals surface area contributed by atoms with E-state index < -0.39 is 0 Å². The molecular weight excluding hydrogens is 349 g/mol. The number of nitrogens with one attached hydrogen (secondary N) is 1. The molecule has 1 aliphatic rings. The first kappa shape index (κ1) is 19.3. The number of aromatic nitrogens is 2. The average Bonchev–Trinajstić information content (AvgIpc) is 3.17. The van der Waals surface area contributed by atoms with Gasteiger partial charge in [-0.25, -0.2) is 13.9 Å². The minimum atomic E-state index is -0.283. The number of urea groups is 1. The quantitative estimate of drug-likeness (QED) is 0.839. The first-order valence-corrected chi connectivity index (χ1v) is 9.14. The van der Waals surface area contributed by atoms with Crippen molar-refractivity contribution in [3.8, 4) is 5.69 Å². The van der Waals surface area contributed by atoms with E-state index in [4.69, 9.17) is 4.74 Å². The van der Waals surface area contributed by atoms with Crippen molar-refractivity contribution < 1.29 is 13.9 Å². The summed E-state index contributed by atoms with van der Waals surface area (Å²) < 4.78 is 19.8. The third-order valence-corrected chi connectivity index (χ3v) is 4.80. The lowest BCUT2D eigenvalue weighted by Crippen LogP contribution is -2.52. The number of carbonyl (C=O) groups is 1. The van der Waals surface area contributed by atoms with E-state index in [1.807, 2.05) is 18.0 Å². The molecule has 3 rings (SSSR count). The number of ether oxygens (including phenoxy) is 1. The number of carbonyl (C=O) groups excluding carboxylic acids is 1. The van der Waals surface area contributed by atoms with Crippen LogP contribution in [0.5, 0.6) is 0 Å². The number of hydrogen-bond donors (Lipinski definition) is 1. The minimum absolute atomic E-state index is 0.0663. The zero-order valence-electron chi connectivity index (χ0n) is 15.8. The van der Waals surface area contributed by atoms with Crippen LogP contribution < -0.4 is 5.32 Å². The van der Waals surface area contributed by atoms with Gasteiger partial charge in [-0.15, -0.1) is 0 Å². The summed E-state index contributed by atoms with van der Waals surface area (Å²) in [5.41, 5.74) is 1.67. The monoisotopic (exact) mass is 375 g/mol. The highest BCUT2D eigenvalue weighted by Crippen LogP contribution is 2.15. The zero-order chi connectivity index (χ0) is 19.2. The molecule has 0 unspecified atom stereocenters. The second-order valence-corrected chi connectivity index (χ2v) is 6.69. The Balaban J connectivity index is 1.52. The van der Waals surface area contributed by atoms with Gasteiger partial charge in [0.1, 0.15) is 5.82 Å². The lowest BCUT2D eigenvalue weighted by atomic mass is 10.2. The van der Waals surface area contributed by atoms with E-state index in [1.54, 1.807) is 30.1 Å². The van der Waals surface area contributed by atoms with Crippen LogP contribution in [0.3, 0.4) is 0 Å². The molecule has 1 saturated heterocycles. The molecule has 0 aliphatic carbocycles.